The Kier molecular flexibility index (Phi) is 7.36. The summed E-state index contributed by atoms with van der Waals surface area (Å²) in [5.74, 6) is -0.655. The average Bonchev–Trinajstić information content (AvgIpc) is 3.22. The van der Waals surface area contributed by atoms with Gasteiger partial charge in [0.2, 0.25) is 0 Å². The Hall–Kier alpha value is -2.05. The van der Waals surface area contributed by atoms with E-state index in [1.807, 2.05) is 13.8 Å². The lowest BCUT2D eigenvalue weighted by Crippen LogP contribution is -2.67. The van der Waals surface area contributed by atoms with E-state index in [0.717, 1.165) is 19.1 Å². The van der Waals surface area contributed by atoms with Crippen molar-refractivity contribution in [2.45, 2.75) is 96.7 Å². The molecule has 0 amide bonds. The molecule has 1 saturated heterocycles. The fourth-order valence-electron chi connectivity index (χ4n) is 7.55. The minimum absolute atomic E-state index is 0.00170. The molecule has 5 heteroatoms. The molecule has 3 aliphatic rings. The van der Waals surface area contributed by atoms with Gasteiger partial charge in [-0.05, 0) is 60.5 Å². The quantitative estimate of drug-likeness (QED) is 0.243. The molecule has 1 heterocycles. The van der Waals surface area contributed by atoms with Crippen LogP contribution in [0, 0.1) is 11.3 Å². The molecule has 4 atom stereocenters. The van der Waals surface area contributed by atoms with Crippen LogP contribution in [-0.2, 0) is 18.7 Å². The first-order valence-electron chi connectivity index (χ1n) is 14.3. The van der Waals surface area contributed by atoms with Gasteiger partial charge in [-0.15, -0.1) is 0 Å². The molecule has 0 bridgehead atoms. The summed E-state index contributed by atoms with van der Waals surface area (Å²) in [5.41, 5.74) is 2.55. The second-order valence-electron chi connectivity index (χ2n) is 13.1. The topological polar surface area (TPSA) is 44.8 Å². The summed E-state index contributed by atoms with van der Waals surface area (Å²) < 4.78 is 20.6. The summed E-state index contributed by atoms with van der Waals surface area (Å²) in [6.07, 6.45) is 5.74. The summed E-state index contributed by atoms with van der Waals surface area (Å²) in [6.45, 7) is 13.9. The maximum atomic E-state index is 12.1. The van der Waals surface area contributed by atoms with Crippen molar-refractivity contribution < 1.29 is 18.7 Å². The third kappa shape index (κ3) is 4.55. The van der Waals surface area contributed by atoms with E-state index in [1.54, 1.807) is 0 Å². The molecular weight excluding hydrogens is 488 g/mol. The molecular formula is C33H44O4Si. The molecule has 2 aliphatic carbocycles. The Labute approximate surface area is 229 Å². The third-order valence-electron chi connectivity index (χ3n) is 9.24. The van der Waals surface area contributed by atoms with E-state index >= 15 is 0 Å². The Bertz CT molecular complexity index is 1130. The molecule has 5 rings (SSSR count). The highest BCUT2D eigenvalue weighted by Crippen LogP contribution is 2.56. The maximum absolute atomic E-state index is 12.1. The van der Waals surface area contributed by atoms with Crippen LogP contribution in [0.5, 0.6) is 0 Å². The number of ether oxygens (including phenoxy) is 2. The molecule has 0 unspecified atom stereocenters. The molecule has 0 N–H and O–H groups in total. The molecule has 38 heavy (non-hydrogen) atoms. The van der Waals surface area contributed by atoms with Crippen LogP contribution in [-0.4, -0.2) is 39.2 Å². The van der Waals surface area contributed by atoms with Gasteiger partial charge in [0.25, 0.3) is 8.32 Å². The Morgan fingerprint density at radius 1 is 0.921 bits per heavy atom. The van der Waals surface area contributed by atoms with Gasteiger partial charge in [0.1, 0.15) is 12.4 Å². The van der Waals surface area contributed by atoms with Gasteiger partial charge in [-0.25, -0.2) is 0 Å². The molecule has 0 radical (unpaired) electrons. The SMILES string of the molecule is CC1(C)O[C@@H]2[C@H](O1)C1=C(CCCC1)[C@@](C)(CO[Si](c1ccccc1)(c1ccccc1)C(C)(C)C)[C@H]2CC=O. The van der Waals surface area contributed by atoms with Crippen molar-refractivity contribution >= 4 is 25.0 Å². The van der Waals surface area contributed by atoms with E-state index in [9.17, 15) is 4.79 Å². The fraction of sp³-hybridized carbons (Fsp3) is 0.545. The van der Waals surface area contributed by atoms with Gasteiger partial charge in [0, 0.05) is 24.4 Å². The summed E-state index contributed by atoms with van der Waals surface area (Å²) in [5, 5.41) is 2.45. The van der Waals surface area contributed by atoms with Gasteiger partial charge in [0.05, 0.1) is 6.10 Å². The normalized spacial score (nSPS) is 29.1. The molecule has 0 saturated carbocycles. The Morgan fingerprint density at radius 3 is 2.05 bits per heavy atom. The molecule has 0 spiro atoms. The zero-order valence-corrected chi connectivity index (χ0v) is 25.0. The first kappa shape index (κ1) is 27.5. The van der Waals surface area contributed by atoms with Crippen LogP contribution >= 0.6 is 0 Å². The predicted molar refractivity (Wildman–Crippen MR) is 155 cm³/mol. The Morgan fingerprint density at radius 2 is 1.50 bits per heavy atom. The van der Waals surface area contributed by atoms with Gasteiger partial charge in [0.15, 0.2) is 5.79 Å². The monoisotopic (exact) mass is 532 g/mol. The number of fused-ring (bicyclic) bond motifs is 2. The van der Waals surface area contributed by atoms with Crippen molar-refractivity contribution in [2.75, 3.05) is 6.61 Å². The molecule has 204 valence electrons. The van der Waals surface area contributed by atoms with Gasteiger partial charge < -0.3 is 18.7 Å². The summed E-state index contributed by atoms with van der Waals surface area (Å²) >= 11 is 0. The smallest absolute Gasteiger partial charge is 0.261 e. The first-order valence-corrected chi connectivity index (χ1v) is 16.2. The van der Waals surface area contributed by atoms with Gasteiger partial charge >= 0.3 is 0 Å². The van der Waals surface area contributed by atoms with Crippen molar-refractivity contribution in [3.63, 3.8) is 0 Å². The number of carbonyl (C=O) groups is 1. The molecule has 0 aromatic heterocycles. The summed E-state index contributed by atoms with van der Waals surface area (Å²) in [4.78, 5) is 12.1. The number of aldehydes is 1. The molecule has 4 nitrogen and oxygen atoms in total. The van der Waals surface area contributed by atoms with Crippen molar-refractivity contribution in [1.29, 1.82) is 0 Å². The largest absolute Gasteiger partial charge is 0.407 e. The molecule has 2 aromatic rings. The average molecular weight is 533 g/mol. The van der Waals surface area contributed by atoms with E-state index in [2.05, 4.69) is 88.4 Å². The Balaban J connectivity index is 1.64. The lowest BCUT2D eigenvalue weighted by molar-refractivity contribution is -0.153. The van der Waals surface area contributed by atoms with E-state index in [-0.39, 0.29) is 28.6 Å². The highest BCUT2D eigenvalue weighted by molar-refractivity contribution is 6.99. The summed E-state index contributed by atoms with van der Waals surface area (Å²) in [6, 6.07) is 21.7. The predicted octanol–water partition coefficient (Wildman–Crippen LogP) is 6.18. The first-order chi connectivity index (χ1) is 18.0. The number of hydrogen-bond acceptors (Lipinski definition) is 4. The standard InChI is InChI=1S/C33H44O4Si/c1-31(2,3)38(24-15-9-7-10-16-24,25-17-11-8-12-18-25)35-23-33(6)27-20-14-13-19-26(27)29-30(28(33)21-22-34)37-32(4,5)36-29/h7-12,15-18,22,28-30H,13-14,19-21,23H2,1-6H3/t28-,29+,30-,33+/m0/s1. The summed E-state index contributed by atoms with van der Waals surface area (Å²) in [7, 11) is -2.73. The van der Waals surface area contributed by atoms with Crippen LogP contribution in [0.15, 0.2) is 71.8 Å². The lowest BCUT2D eigenvalue weighted by atomic mass is 9.58. The zero-order valence-electron chi connectivity index (χ0n) is 24.0. The lowest BCUT2D eigenvalue weighted by Gasteiger charge is -2.52. The van der Waals surface area contributed by atoms with Crippen molar-refractivity contribution in [3.05, 3.63) is 71.8 Å². The number of benzene rings is 2. The van der Waals surface area contributed by atoms with Crippen LogP contribution in [0.3, 0.4) is 0 Å². The number of hydrogen-bond donors (Lipinski definition) is 0. The van der Waals surface area contributed by atoms with Crippen molar-refractivity contribution in [2.24, 2.45) is 11.3 Å². The van der Waals surface area contributed by atoms with E-state index in [4.69, 9.17) is 13.9 Å². The van der Waals surface area contributed by atoms with E-state index in [0.29, 0.717) is 13.0 Å². The van der Waals surface area contributed by atoms with Crippen LogP contribution in [0.2, 0.25) is 5.04 Å². The zero-order chi connectivity index (χ0) is 27.2. The van der Waals surface area contributed by atoms with Crippen LogP contribution in [0.25, 0.3) is 0 Å². The second kappa shape index (κ2) is 10.2. The van der Waals surface area contributed by atoms with Gasteiger partial charge in [-0.3, -0.25) is 0 Å². The number of rotatable bonds is 7. The fourth-order valence-corrected chi connectivity index (χ4v) is 12.2. The minimum atomic E-state index is -2.73. The van der Waals surface area contributed by atoms with Gasteiger partial charge in [-0.1, -0.05) is 93.9 Å². The molecule has 1 fully saturated rings. The van der Waals surface area contributed by atoms with Crippen molar-refractivity contribution in [3.8, 4) is 0 Å². The van der Waals surface area contributed by atoms with E-state index < -0.39 is 14.1 Å². The maximum Gasteiger partial charge on any atom is 0.261 e. The van der Waals surface area contributed by atoms with Crippen molar-refractivity contribution in [1.82, 2.24) is 0 Å². The van der Waals surface area contributed by atoms with Gasteiger partial charge in [-0.2, -0.15) is 0 Å². The minimum Gasteiger partial charge on any atom is -0.407 e. The molecule has 2 aromatic carbocycles. The highest BCUT2D eigenvalue weighted by atomic mass is 28.4. The molecule has 1 aliphatic heterocycles. The third-order valence-corrected chi connectivity index (χ3v) is 14.2. The van der Waals surface area contributed by atoms with Crippen LogP contribution in [0.1, 0.15) is 73.6 Å². The second-order valence-corrected chi connectivity index (χ2v) is 17.4. The van der Waals surface area contributed by atoms with Crippen LogP contribution < -0.4 is 10.4 Å². The van der Waals surface area contributed by atoms with E-state index in [1.165, 1.54) is 34.4 Å². The number of carbonyl (C=O) groups excluding carboxylic acids is 1. The highest BCUT2D eigenvalue weighted by Gasteiger charge is 2.59. The van der Waals surface area contributed by atoms with Crippen LogP contribution in [0.4, 0.5) is 0 Å².